The zero-order valence-corrected chi connectivity index (χ0v) is 10.5. The quantitative estimate of drug-likeness (QED) is 0.848. The molecular formula is C15H15NO3. The van der Waals surface area contributed by atoms with E-state index in [1.54, 1.807) is 11.0 Å². The summed E-state index contributed by atoms with van der Waals surface area (Å²) in [6.45, 7) is 1.35. The van der Waals surface area contributed by atoms with Gasteiger partial charge in [-0.15, -0.1) is 0 Å². The molecule has 98 valence electrons. The van der Waals surface area contributed by atoms with Crippen LogP contribution in [0.5, 0.6) is 5.75 Å². The zero-order valence-electron chi connectivity index (χ0n) is 10.5. The molecule has 1 aliphatic heterocycles. The van der Waals surface area contributed by atoms with Crippen LogP contribution in [0.1, 0.15) is 16.8 Å². The average molecular weight is 257 g/mol. The molecule has 1 unspecified atom stereocenters. The lowest BCUT2D eigenvalue weighted by Crippen LogP contribution is -2.30. The Labute approximate surface area is 111 Å². The number of likely N-dealkylation sites (tertiary alicyclic amines) is 1. The molecule has 2 heterocycles. The van der Waals surface area contributed by atoms with E-state index in [0.717, 1.165) is 18.7 Å². The Morgan fingerprint density at radius 2 is 2.11 bits per heavy atom. The second-order valence-corrected chi connectivity index (χ2v) is 4.60. The van der Waals surface area contributed by atoms with Crippen molar-refractivity contribution >= 4 is 5.91 Å². The maximum atomic E-state index is 12.1. The van der Waals surface area contributed by atoms with Gasteiger partial charge in [0.15, 0.2) is 0 Å². The smallest absolute Gasteiger partial charge is 0.257 e. The number of hydrogen-bond acceptors (Lipinski definition) is 3. The molecule has 4 heteroatoms. The van der Waals surface area contributed by atoms with Crippen LogP contribution in [0.25, 0.3) is 0 Å². The minimum atomic E-state index is 0.00733. The molecule has 1 amide bonds. The van der Waals surface area contributed by atoms with Crippen molar-refractivity contribution in [1.82, 2.24) is 4.90 Å². The Hall–Kier alpha value is -2.23. The molecule has 1 fully saturated rings. The van der Waals surface area contributed by atoms with E-state index >= 15 is 0 Å². The summed E-state index contributed by atoms with van der Waals surface area (Å²) < 4.78 is 10.8. The molecule has 1 aromatic carbocycles. The van der Waals surface area contributed by atoms with Crippen LogP contribution in [-0.2, 0) is 0 Å². The minimum absolute atomic E-state index is 0.00733. The fraction of sp³-hybridized carbons (Fsp3) is 0.267. The molecule has 1 aliphatic rings. The zero-order chi connectivity index (χ0) is 13.1. The first-order chi connectivity index (χ1) is 9.33. The number of benzene rings is 1. The van der Waals surface area contributed by atoms with Gasteiger partial charge in [-0.3, -0.25) is 4.79 Å². The number of carbonyl (C=O) groups excluding carboxylic acids is 1. The number of para-hydroxylation sites is 1. The molecule has 19 heavy (non-hydrogen) atoms. The monoisotopic (exact) mass is 257 g/mol. The van der Waals surface area contributed by atoms with E-state index in [-0.39, 0.29) is 12.0 Å². The molecule has 4 nitrogen and oxygen atoms in total. The Morgan fingerprint density at radius 3 is 2.84 bits per heavy atom. The van der Waals surface area contributed by atoms with Gasteiger partial charge in [-0.2, -0.15) is 0 Å². The second-order valence-electron chi connectivity index (χ2n) is 4.60. The molecule has 1 aromatic heterocycles. The normalized spacial score (nSPS) is 18.5. The summed E-state index contributed by atoms with van der Waals surface area (Å²) in [4.78, 5) is 13.9. The Balaban J connectivity index is 1.60. The topological polar surface area (TPSA) is 42.7 Å². The highest BCUT2D eigenvalue weighted by molar-refractivity contribution is 5.94. The number of ether oxygens (including phenoxy) is 1. The first-order valence-corrected chi connectivity index (χ1v) is 6.36. The fourth-order valence-corrected chi connectivity index (χ4v) is 2.27. The molecule has 0 bridgehead atoms. The largest absolute Gasteiger partial charge is 0.489 e. The van der Waals surface area contributed by atoms with Crippen molar-refractivity contribution in [2.45, 2.75) is 12.5 Å². The molecule has 0 N–H and O–H groups in total. The van der Waals surface area contributed by atoms with Crippen molar-refractivity contribution in [3.63, 3.8) is 0 Å². The van der Waals surface area contributed by atoms with Gasteiger partial charge >= 0.3 is 0 Å². The summed E-state index contributed by atoms with van der Waals surface area (Å²) >= 11 is 0. The summed E-state index contributed by atoms with van der Waals surface area (Å²) in [7, 11) is 0. The van der Waals surface area contributed by atoms with Crippen molar-refractivity contribution < 1.29 is 13.9 Å². The highest BCUT2D eigenvalue weighted by atomic mass is 16.5. The molecule has 0 radical (unpaired) electrons. The van der Waals surface area contributed by atoms with E-state index in [0.29, 0.717) is 12.1 Å². The summed E-state index contributed by atoms with van der Waals surface area (Å²) in [6, 6.07) is 11.4. The van der Waals surface area contributed by atoms with Gasteiger partial charge in [0, 0.05) is 13.0 Å². The van der Waals surface area contributed by atoms with Crippen molar-refractivity contribution in [1.29, 1.82) is 0 Å². The molecule has 3 rings (SSSR count). The summed E-state index contributed by atoms with van der Waals surface area (Å²) in [5.41, 5.74) is 0.598. The lowest BCUT2D eigenvalue weighted by molar-refractivity contribution is 0.0771. The van der Waals surface area contributed by atoms with E-state index in [2.05, 4.69) is 0 Å². The molecule has 0 aliphatic carbocycles. The number of furan rings is 1. The Kier molecular flexibility index (Phi) is 3.23. The van der Waals surface area contributed by atoms with Crippen molar-refractivity contribution in [3.8, 4) is 5.75 Å². The van der Waals surface area contributed by atoms with E-state index in [1.807, 2.05) is 30.3 Å². The van der Waals surface area contributed by atoms with Gasteiger partial charge in [-0.05, 0) is 18.2 Å². The van der Waals surface area contributed by atoms with Gasteiger partial charge in [0.25, 0.3) is 5.91 Å². The maximum Gasteiger partial charge on any atom is 0.257 e. The van der Waals surface area contributed by atoms with E-state index < -0.39 is 0 Å². The van der Waals surface area contributed by atoms with Gasteiger partial charge < -0.3 is 14.1 Å². The third-order valence-corrected chi connectivity index (χ3v) is 3.25. The molecule has 0 saturated carbocycles. The van der Waals surface area contributed by atoms with Crippen LogP contribution in [0.2, 0.25) is 0 Å². The van der Waals surface area contributed by atoms with Gasteiger partial charge in [-0.1, -0.05) is 18.2 Å². The predicted octanol–water partition coefficient (Wildman–Crippen LogP) is 2.57. The third kappa shape index (κ3) is 2.62. The van der Waals surface area contributed by atoms with Crippen molar-refractivity contribution in [2.24, 2.45) is 0 Å². The lowest BCUT2D eigenvalue weighted by Gasteiger charge is -2.16. The van der Waals surface area contributed by atoms with Crippen molar-refractivity contribution in [2.75, 3.05) is 13.1 Å². The second kappa shape index (κ2) is 5.18. The lowest BCUT2D eigenvalue weighted by atomic mass is 10.3. The van der Waals surface area contributed by atoms with Crippen LogP contribution < -0.4 is 4.74 Å². The highest BCUT2D eigenvalue weighted by Gasteiger charge is 2.28. The summed E-state index contributed by atoms with van der Waals surface area (Å²) in [5.74, 6) is 0.859. The van der Waals surface area contributed by atoms with Crippen LogP contribution in [0, 0.1) is 0 Å². The van der Waals surface area contributed by atoms with Gasteiger partial charge in [0.1, 0.15) is 18.1 Å². The fourth-order valence-electron chi connectivity index (χ4n) is 2.27. The first-order valence-electron chi connectivity index (χ1n) is 6.36. The van der Waals surface area contributed by atoms with E-state index in [9.17, 15) is 4.79 Å². The van der Waals surface area contributed by atoms with Gasteiger partial charge in [0.2, 0.25) is 0 Å². The van der Waals surface area contributed by atoms with E-state index in [4.69, 9.17) is 9.15 Å². The number of amides is 1. The predicted molar refractivity (Wildman–Crippen MR) is 70.1 cm³/mol. The highest BCUT2D eigenvalue weighted by Crippen LogP contribution is 2.19. The maximum absolute atomic E-state index is 12.1. The van der Waals surface area contributed by atoms with Crippen LogP contribution in [0.4, 0.5) is 0 Å². The Morgan fingerprint density at radius 1 is 1.26 bits per heavy atom. The number of hydrogen-bond donors (Lipinski definition) is 0. The van der Waals surface area contributed by atoms with Crippen LogP contribution in [0.3, 0.4) is 0 Å². The van der Waals surface area contributed by atoms with Crippen LogP contribution in [-0.4, -0.2) is 30.0 Å². The SMILES string of the molecule is O=C(c1ccoc1)N1CCC(Oc2ccccc2)C1. The van der Waals surface area contributed by atoms with E-state index in [1.165, 1.54) is 12.5 Å². The standard InChI is InChI=1S/C15H15NO3/c17-15(12-7-9-18-11-12)16-8-6-14(10-16)19-13-4-2-1-3-5-13/h1-5,7,9,11,14H,6,8,10H2. The average Bonchev–Trinajstić information content (AvgIpc) is 3.10. The van der Waals surface area contributed by atoms with Crippen molar-refractivity contribution in [3.05, 3.63) is 54.5 Å². The van der Waals surface area contributed by atoms with Crippen LogP contribution in [0.15, 0.2) is 53.3 Å². The number of rotatable bonds is 3. The first kappa shape index (κ1) is 11.8. The summed E-state index contributed by atoms with van der Waals surface area (Å²) in [6.07, 6.45) is 3.92. The van der Waals surface area contributed by atoms with Gasteiger partial charge in [-0.25, -0.2) is 0 Å². The molecule has 1 atom stereocenters. The summed E-state index contributed by atoms with van der Waals surface area (Å²) in [5, 5.41) is 0. The van der Waals surface area contributed by atoms with Gasteiger partial charge in [0.05, 0.1) is 18.4 Å². The molecule has 1 saturated heterocycles. The molecule has 2 aromatic rings. The minimum Gasteiger partial charge on any atom is -0.489 e. The number of carbonyl (C=O) groups is 1. The van der Waals surface area contributed by atoms with Crippen LogP contribution >= 0.6 is 0 Å². The Bertz CT molecular complexity index is 536. The number of nitrogens with zero attached hydrogens (tertiary/aromatic N) is 1. The molecule has 0 spiro atoms. The molecular weight excluding hydrogens is 242 g/mol. The third-order valence-electron chi connectivity index (χ3n) is 3.25.